The zero-order valence-electron chi connectivity index (χ0n) is 21.0. The molecule has 2 saturated carbocycles. The fourth-order valence-electron chi connectivity index (χ4n) is 3.97. The topological polar surface area (TPSA) is 171 Å². The molecule has 4 atom stereocenters. The first kappa shape index (κ1) is 36.7. The molecule has 4 unspecified atom stereocenters. The van der Waals surface area contributed by atoms with Gasteiger partial charge in [-0.05, 0) is 38.8 Å². The van der Waals surface area contributed by atoms with Crippen LogP contribution in [0.3, 0.4) is 0 Å². The van der Waals surface area contributed by atoms with Gasteiger partial charge < -0.3 is 47.0 Å². The minimum Gasteiger partial charge on any atom is -0.649 e. The van der Waals surface area contributed by atoms with Crippen LogP contribution in [-0.2, 0) is 17.1 Å². The van der Waals surface area contributed by atoms with Gasteiger partial charge in [-0.25, -0.2) is 0 Å². The van der Waals surface area contributed by atoms with Crippen LogP contribution in [0.25, 0.3) is 16.0 Å². The Kier molecular flexibility index (Phi) is 25.1. The first-order chi connectivity index (χ1) is 16.9. The van der Waals surface area contributed by atoms with Crippen molar-refractivity contribution < 1.29 is 37.5 Å². The van der Waals surface area contributed by atoms with Gasteiger partial charge in [-0.2, -0.15) is 0 Å². The number of aliphatic hydroxyl groups excluding tert-OH is 2. The summed E-state index contributed by atoms with van der Waals surface area (Å²) in [5.41, 5.74) is 5.61. The molecule has 1 radical (unpaired) electrons. The van der Waals surface area contributed by atoms with Gasteiger partial charge in [0, 0.05) is 39.7 Å². The van der Waals surface area contributed by atoms with Gasteiger partial charge in [0.2, 0.25) is 0 Å². The summed E-state index contributed by atoms with van der Waals surface area (Å²) < 4.78 is 0. The van der Waals surface area contributed by atoms with Crippen molar-refractivity contribution in [2.75, 3.05) is 52.9 Å². The van der Waals surface area contributed by atoms with Crippen molar-refractivity contribution in [3.8, 4) is 0 Å². The number of nitrogens with zero attached hydrogens (tertiary/aromatic N) is 3. The number of alkyl halides is 2. The van der Waals surface area contributed by atoms with Crippen molar-refractivity contribution in [2.45, 2.75) is 74.7 Å². The Morgan fingerprint density at radius 2 is 0.972 bits per heavy atom. The van der Waals surface area contributed by atoms with E-state index in [-0.39, 0.29) is 39.7 Å². The van der Waals surface area contributed by atoms with Gasteiger partial charge in [0.05, 0.1) is 0 Å². The Balaban J connectivity index is 0.000000439. The summed E-state index contributed by atoms with van der Waals surface area (Å²) in [6, 6.07) is 0. The summed E-state index contributed by atoms with van der Waals surface area (Å²) in [4.78, 5) is 0. The largest absolute Gasteiger partial charge is 0.649 e. The first-order valence-electron chi connectivity index (χ1n) is 12.7. The first-order valence-corrected chi connectivity index (χ1v) is 13.6. The minimum atomic E-state index is -1.22. The Labute approximate surface area is 237 Å². The van der Waals surface area contributed by atoms with Crippen LogP contribution in [0.1, 0.15) is 51.4 Å². The molecule has 5 fully saturated rings. The van der Waals surface area contributed by atoms with Gasteiger partial charge in [0.1, 0.15) is 0 Å². The minimum absolute atomic E-state index is 0. The molecule has 3 saturated heterocycles. The molecule has 2 aliphatic carbocycles. The van der Waals surface area contributed by atoms with E-state index in [1.807, 2.05) is 0 Å². The standard InChI is InChI=1S/2C7H13ClO2.2C3H7N2.C2H6N3.Cu/c2*8-6-4-2-1-3-5(6)7(9)10;2*1-2-5-3-4-1;1-3-2-5-4-1;/h2*5-7,9-10H,1-4H2;2*4H,1-3H2;4-5H,1-2H2;/q;;3*-1;. The van der Waals surface area contributed by atoms with Crippen LogP contribution in [0.4, 0.5) is 0 Å². The Bertz CT molecular complexity index is 409. The molecule has 3 aliphatic heterocycles. The Morgan fingerprint density at radius 3 is 1.14 bits per heavy atom. The van der Waals surface area contributed by atoms with Crippen LogP contribution in [0.2, 0.25) is 0 Å². The quantitative estimate of drug-likeness (QED) is 0.132. The molecule has 11 nitrogen and oxygen atoms in total. The molecule has 0 aromatic rings. The normalized spacial score (nSPS) is 29.3. The van der Waals surface area contributed by atoms with Crippen molar-refractivity contribution in [1.82, 2.24) is 21.5 Å². The summed E-state index contributed by atoms with van der Waals surface area (Å²) in [5, 5.41) is 53.1. The Hall–Kier alpha value is 0.659. The molecule has 5 aliphatic rings. The zero-order chi connectivity index (χ0) is 25.7. The molecule has 0 spiro atoms. The van der Waals surface area contributed by atoms with Gasteiger partial charge in [0.15, 0.2) is 12.6 Å². The van der Waals surface area contributed by atoms with Crippen molar-refractivity contribution in [3.63, 3.8) is 0 Å². The summed E-state index contributed by atoms with van der Waals surface area (Å²) in [7, 11) is 0. The van der Waals surface area contributed by atoms with E-state index in [9.17, 15) is 0 Å². The zero-order valence-corrected chi connectivity index (χ0v) is 23.4. The number of hydrazine groups is 1. The van der Waals surface area contributed by atoms with Crippen LogP contribution in [0, 0.1) is 11.8 Å². The molecule has 0 bridgehead atoms. The van der Waals surface area contributed by atoms with E-state index in [0.29, 0.717) is 0 Å². The molecule has 0 amide bonds. The maximum absolute atomic E-state index is 8.82. The fourth-order valence-corrected chi connectivity index (χ4v) is 4.79. The van der Waals surface area contributed by atoms with Crippen molar-refractivity contribution in [2.24, 2.45) is 11.8 Å². The summed E-state index contributed by atoms with van der Waals surface area (Å²) in [6.07, 6.45) is 5.50. The molecule has 8 N–H and O–H groups in total. The third-order valence-corrected chi connectivity index (χ3v) is 7.16. The maximum Gasteiger partial charge on any atom is 0.155 e. The third kappa shape index (κ3) is 18.8. The van der Waals surface area contributed by atoms with Crippen molar-refractivity contribution in [1.29, 1.82) is 0 Å². The van der Waals surface area contributed by atoms with Gasteiger partial charge >= 0.3 is 0 Å². The predicted octanol–water partition coefficient (Wildman–Crippen LogP) is 1.41. The third-order valence-electron chi connectivity index (χ3n) is 6.08. The molecular formula is C22H46Cl2CuN7O4-3. The van der Waals surface area contributed by atoms with E-state index in [4.69, 9.17) is 43.6 Å². The number of aliphatic hydroxyl groups is 4. The molecule has 5 rings (SSSR count). The number of nitrogens with one attached hydrogen (secondary N) is 4. The Morgan fingerprint density at radius 1 is 0.583 bits per heavy atom. The fraction of sp³-hybridized carbons (Fsp3) is 1.00. The molecule has 3 heterocycles. The van der Waals surface area contributed by atoms with Crippen LogP contribution in [0.15, 0.2) is 0 Å². The number of halogens is 2. The van der Waals surface area contributed by atoms with E-state index >= 15 is 0 Å². The van der Waals surface area contributed by atoms with Crippen LogP contribution in [-0.4, -0.2) is 96.6 Å². The van der Waals surface area contributed by atoms with Crippen LogP contribution in [0.5, 0.6) is 0 Å². The van der Waals surface area contributed by atoms with E-state index in [1.54, 1.807) is 0 Å². The van der Waals surface area contributed by atoms with E-state index < -0.39 is 12.6 Å². The van der Waals surface area contributed by atoms with Gasteiger partial charge in [-0.15, -0.1) is 36.3 Å². The number of hydrogen-bond acceptors (Lipinski definition) is 8. The molecule has 0 aromatic heterocycles. The molecule has 221 valence electrons. The second kappa shape index (κ2) is 24.7. The second-order valence-electron chi connectivity index (χ2n) is 8.86. The summed E-state index contributed by atoms with van der Waals surface area (Å²) in [6.45, 7) is 7.47. The van der Waals surface area contributed by atoms with Crippen LogP contribution >= 0.6 is 23.2 Å². The van der Waals surface area contributed by atoms with E-state index in [2.05, 4.69) is 37.4 Å². The van der Waals surface area contributed by atoms with Crippen LogP contribution < -0.4 is 21.5 Å². The number of rotatable bonds is 2. The second-order valence-corrected chi connectivity index (χ2v) is 9.98. The molecule has 0 aromatic carbocycles. The molecular weight excluding hydrogens is 561 g/mol. The van der Waals surface area contributed by atoms with Crippen molar-refractivity contribution in [3.05, 3.63) is 16.0 Å². The van der Waals surface area contributed by atoms with Gasteiger partial charge in [0.25, 0.3) is 0 Å². The average Bonchev–Trinajstić information content (AvgIpc) is 3.66. The average molecular weight is 607 g/mol. The predicted molar refractivity (Wildman–Crippen MR) is 141 cm³/mol. The van der Waals surface area contributed by atoms with Crippen molar-refractivity contribution >= 4 is 23.2 Å². The van der Waals surface area contributed by atoms with Gasteiger partial charge in [-0.1, -0.05) is 52.4 Å². The maximum atomic E-state index is 8.82. The smallest absolute Gasteiger partial charge is 0.155 e. The monoisotopic (exact) mass is 605 g/mol. The molecule has 14 heteroatoms. The van der Waals surface area contributed by atoms with Gasteiger partial charge in [-0.3, -0.25) is 10.9 Å². The summed E-state index contributed by atoms with van der Waals surface area (Å²) >= 11 is 11.7. The SMILES string of the molecule is C1CNC[N-]1.C1CNC[N-]1.C1[N-]CNN1.OC(O)C1CCCCC1Cl.OC(O)C1CCCCC1Cl.[Cu]. The summed E-state index contributed by atoms with van der Waals surface area (Å²) in [5.74, 6) is -0.203. The van der Waals surface area contributed by atoms with E-state index in [0.717, 1.165) is 104 Å². The molecule has 36 heavy (non-hydrogen) atoms. The number of hydrogen-bond donors (Lipinski definition) is 8. The van der Waals surface area contributed by atoms with E-state index in [1.165, 1.54) is 0 Å².